The van der Waals surface area contributed by atoms with Crippen LogP contribution in [0.3, 0.4) is 0 Å². The maximum atomic E-state index is 12.2. The second kappa shape index (κ2) is 6.85. The summed E-state index contributed by atoms with van der Waals surface area (Å²) in [6.07, 6.45) is 0. The number of hydrogen-bond acceptors (Lipinski definition) is 4. The SMILES string of the molecule is CC(C)C(=O)[C@H](C)NNP(C)(=O)Oc1ccccc1. The van der Waals surface area contributed by atoms with Crippen molar-refractivity contribution in [2.24, 2.45) is 5.92 Å². The Morgan fingerprint density at radius 1 is 1.21 bits per heavy atom. The molecule has 0 fully saturated rings. The number of ketones is 1. The zero-order valence-electron chi connectivity index (χ0n) is 11.7. The molecule has 0 aliphatic rings. The molecule has 1 aromatic rings. The lowest BCUT2D eigenvalue weighted by molar-refractivity contribution is -0.123. The Kier molecular flexibility index (Phi) is 5.73. The fraction of sp³-hybridized carbons (Fsp3) is 0.462. The van der Waals surface area contributed by atoms with Crippen molar-refractivity contribution in [3.8, 4) is 5.75 Å². The molecule has 5 nitrogen and oxygen atoms in total. The van der Waals surface area contributed by atoms with E-state index in [9.17, 15) is 9.36 Å². The number of benzene rings is 1. The molecular weight excluding hydrogens is 263 g/mol. The van der Waals surface area contributed by atoms with Crippen molar-refractivity contribution in [1.82, 2.24) is 10.6 Å². The van der Waals surface area contributed by atoms with E-state index in [-0.39, 0.29) is 11.7 Å². The van der Waals surface area contributed by atoms with Crippen LogP contribution in [0.15, 0.2) is 30.3 Å². The summed E-state index contributed by atoms with van der Waals surface area (Å²) in [7, 11) is -3.05. The summed E-state index contributed by atoms with van der Waals surface area (Å²) in [5.74, 6) is 0.494. The van der Waals surface area contributed by atoms with E-state index in [1.165, 1.54) is 6.66 Å². The van der Waals surface area contributed by atoms with Gasteiger partial charge < -0.3 is 4.52 Å². The van der Waals surface area contributed by atoms with Crippen molar-refractivity contribution in [1.29, 1.82) is 0 Å². The summed E-state index contributed by atoms with van der Waals surface area (Å²) in [5.41, 5.74) is 2.74. The fourth-order valence-electron chi connectivity index (χ4n) is 1.49. The van der Waals surface area contributed by atoms with E-state index in [1.807, 2.05) is 19.9 Å². The molecule has 0 saturated heterocycles. The molecule has 0 heterocycles. The highest BCUT2D eigenvalue weighted by atomic mass is 31.2. The van der Waals surface area contributed by atoms with Crippen LogP contribution in [0, 0.1) is 5.92 Å². The number of carbonyl (C=O) groups excluding carboxylic acids is 1. The van der Waals surface area contributed by atoms with Gasteiger partial charge in [-0.15, -0.1) is 0 Å². The fourth-order valence-corrected chi connectivity index (χ4v) is 2.49. The molecule has 0 aromatic heterocycles. The van der Waals surface area contributed by atoms with E-state index >= 15 is 0 Å². The van der Waals surface area contributed by atoms with Crippen LogP contribution < -0.4 is 15.1 Å². The third kappa shape index (κ3) is 5.55. The van der Waals surface area contributed by atoms with Gasteiger partial charge in [-0.25, -0.2) is 5.43 Å². The smallest absolute Gasteiger partial charge is 0.326 e. The number of carbonyl (C=O) groups is 1. The van der Waals surface area contributed by atoms with E-state index in [0.29, 0.717) is 5.75 Å². The van der Waals surface area contributed by atoms with Gasteiger partial charge in [0, 0.05) is 12.6 Å². The lowest BCUT2D eigenvalue weighted by Crippen LogP contribution is -2.44. The molecule has 0 bridgehead atoms. The van der Waals surface area contributed by atoms with Crippen LogP contribution in [0.4, 0.5) is 0 Å². The first-order valence-electron chi connectivity index (χ1n) is 6.20. The standard InChI is InChI=1S/C13H21N2O3P/c1-10(2)13(16)11(3)14-15-19(4,17)18-12-8-6-5-7-9-12/h5-11,14H,1-4H3,(H,15,17)/t11-,19?/m0/s1. The number of rotatable bonds is 7. The van der Waals surface area contributed by atoms with E-state index in [1.54, 1.807) is 31.2 Å². The first-order chi connectivity index (χ1) is 8.82. The van der Waals surface area contributed by atoms with Gasteiger partial charge in [0.15, 0.2) is 5.78 Å². The van der Waals surface area contributed by atoms with Crippen LogP contribution in [0.5, 0.6) is 5.75 Å². The van der Waals surface area contributed by atoms with Crippen LogP contribution in [-0.4, -0.2) is 18.5 Å². The highest BCUT2D eigenvalue weighted by molar-refractivity contribution is 7.56. The van der Waals surface area contributed by atoms with E-state index in [2.05, 4.69) is 10.6 Å². The largest absolute Gasteiger partial charge is 0.432 e. The molecule has 106 valence electrons. The molecular formula is C13H21N2O3P. The summed E-state index contributed by atoms with van der Waals surface area (Å²) >= 11 is 0. The summed E-state index contributed by atoms with van der Waals surface area (Å²) in [6.45, 7) is 6.83. The highest BCUT2D eigenvalue weighted by Crippen LogP contribution is 2.37. The topological polar surface area (TPSA) is 67.4 Å². The first kappa shape index (κ1) is 15.9. The Hall–Kier alpha value is -1.16. The molecule has 0 aliphatic heterocycles. The van der Waals surface area contributed by atoms with Crippen LogP contribution in [0.2, 0.25) is 0 Å². The van der Waals surface area contributed by atoms with E-state index in [4.69, 9.17) is 4.52 Å². The Balaban J connectivity index is 2.52. The van der Waals surface area contributed by atoms with Gasteiger partial charge in [-0.1, -0.05) is 32.0 Å². The molecule has 0 aliphatic carbocycles. The van der Waals surface area contributed by atoms with Gasteiger partial charge in [0.1, 0.15) is 5.75 Å². The molecule has 0 spiro atoms. The molecule has 2 atom stereocenters. The maximum absolute atomic E-state index is 12.2. The number of Topliss-reactive ketones (excluding diaryl/α,β-unsaturated/α-hetero) is 1. The average molecular weight is 284 g/mol. The third-order valence-electron chi connectivity index (χ3n) is 2.50. The van der Waals surface area contributed by atoms with Gasteiger partial charge in [-0.05, 0) is 19.1 Å². The van der Waals surface area contributed by atoms with E-state index < -0.39 is 13.6 Å². The van der Waals surface area contributed by atoms with Crippen molar-refractivity contribution in [3.05, 3.63) is 30.3 Å². The highest BCUT2D eigenvalue weighted by Gasteiger charge is 2.21. The summed E-state index contributed by atoms with van der Waals surface area (Å²) < 4.78 is 17.5. The Morgan fingerprint density at radius 3 is 2.32 bits per heavy atom. The Labute approximate surface area is 114 Å². The molecule has 2 N–H and O–H groups in total. The molecule has 1 rings (SSSR count). The van der Waals surface area contributed by atoms with Crippen LogP contribution in [0.25, 0.3) is 0 Å². The summed E-state index contributed by atoms with van der Waals surface area (Å²) in [6, 6.07) is 8.47. The van der Waals surface area contributed by atoms with Gasteiger partial charge >= 0.3 is 7.52 Å². The molecule has 0 saturated carbocycles. The molecule has 1 unspecified atom stereocenters. The molecule has 0 amide bonds. The van der Waals surface area contributed by atoms with Crippen molar-refractivity contribution in [2.45, 2.75) is 26.8 Å². The van der Waals surface area contributed by atoms with Crippen molar-refractivity contribution in [3.63, 3.8) is 0 Å². The number of nitrogens with one attached hydrogen (secondary N) is 2. The third-order valence-corrected chi connectivity index (χ3v) is 3.60. The van der Waals surface area contributed by atoms with Gasteiger partial charge in [-0.3, -0.25) is 9.36 Å². The Morgan fingerprint density at radius 2 is 1.79 bits per heavy atom. The van der Waals surface area contributed by atoms with Crippen LogP contribution in [0.1, 0.15) is 20.8 Å². The number of hydrazine groups is 1. The maximum Gasteiger partial charge on any atom is 0.326 e. The minimum Gasteiger partial charge on any atom is -0.432 e. The molecule has 0 radical (unpaired) electrons. The average Bonchev–Trinajstić information content (AvgIpc) is 2.35. The van der Waals surface area contributed by atoms with E-state index in [0.717, 1.165) is 0 Å². The quantitative estimate of drug-likeness (QED) is 0.595. The van der Waals surface area contributed by atoms with Crippen molar-refractivity contribution in [2.75, 3.05) is 6.66 Å². The second-order valence-corrected chi connectivity index (χ2v) is 6.88. The van der Waals surface area contributed by atoms with Crippen LogP contribution >= 0.6 is 7.52 Å². The molecule has 6 heteroatoms. The second-order valence-electron chi connectivity index (χ2n) is 4.79. The number of hydrogen-bond donors (Lipinski definition) is 2. The lowest BCUT2D eigenvalue weighted by Gasteiger charge is -2.20. The normalized spacial score (nSPS) is 15.8. The van der Waals surface area contributed by atoms with Gasteiger partial charge in [0.05, 0.1) is 6.04 Å². The van der Waals surface area contributed by atoms with Crippen molar-refractivity contribution >= 4 is 13.3 Å². The lowest BCUT2D eigenvalue weighted by atomic mass is 10.0. The minimum atomic E-state index is -3.05. The van der Waals surface area contributed by atoms with Gasteiger partial charge in [0.2, 0.25) is 0 Å². The summed E-state index contributed by atoms with van der Waals surface area (Å²) in [4.78, 5) is 11.7. The van der Waals surface area contributed by atoms with Crippen molar-refractivity contribution < 1.29 is 13.9 Å². The zero-order valence-corrected chi connectivity index (χ0v) is 12.6. The zero-order chi connectivity index (χ0) is 14.5. The molecule has 19 heavy (non-hydrogen) atoms. The van der Waals surface area contributed by atoms with Gasteiger partial charge in [-0.2, -0.15) is 5.20 Å². The minimum absolute atomic E-state index is 0.0483. The summed E-state index contributed by atoms with van der Waals surface area (Å²) in [5, 5.41) is 2.61. The van der Waals surface area contributed by atoms with Gasteiger partial charge in [0.25, 0.3) is 0 Å². The predicted octanol–water partition coefficient (Wildman–Crippen LogP) is 2.60. The Bertz CT molecular complexity index is 462. The van der Waals surface area contributed by atoms with Crippen LogP contribution in [-0.2, 0) is 9.36 Å². The monoisotopic (exact) mass is 284 g/mol. The molecule has 1 aromatic carbocycles. The number of para-hydroxylation sites is 1. The predicted molar refractivity (Wildman–Crippen MR) is 76.2 cm³/mol. The first-order valence-corrected chi connectivity index (χ1v) is 8.27.